The van der Waals surface area contributed by atoms with Crippen LogP contribution < -0.4 is 0 Å². The Hall–Kier alpha value is -0.660. The average molecular weight is 305 g/mol. The zero-order valence-electron chi connectivity index (χ0n) is 11.9. The average Bonchev–Trinajstić information content (AvgIpc) is 2.86. The molecule has 0 aromatic carbocycles. The summed E-state index contributed by atoms with van der Waals surface area (Å²) in [5, 5.41) is 9.10. The van der Waals surface area contributed by atoms with Gasteiger partial charge in [0.05, 0.1) is 5.25 Å². The highest BCUT2D eigenvalue weighted by Crippen LogP contribution is 2.38. The van der Waals surface area contributed by atoms with Gasteiger partial charge in [-0.3, -0.25) is 4.79 Å². The van der Waals surface area contributed by atoms with E-state index in [1.807, 2.05) is 6.92 Å². The number of rotatable bonds is 5. The molecule has 2 rings (SSSR count). The van der Waals surface area contributed by atoms with Gasteiger partial charge in [0.15, 0.2) is 0 Å². The molecule has 20 heavy (non-hydrogen) atoms. The zero-order chi connectivity index (χ0) is 14.8. The van der Waals surface area contributed by atoms with E-state index in [1.54, 1.807) is 0 Å². The van der Waals surface area contributed by atoms with E-state index < -0.39 is 26.8 Å². The number of hydrogen-bond donors (Lipinski definition) is 1. The lowest BCUT2D eigenvalue weighted by Gasteiger charge is -2.37. The number of carboxylic acid groups (broad SMARTS) is 1. The molecule has 0 bridgehead atoms. The maximum Gasteiger partial charge on any atom is 0.325 e. The normalized spacial score (nSPS) is 29.6. The maximum atomic E-state index is 12.8. The summed E-state index contributed by atoms with van der Waals surface area (Å²) in [6.45, 7) is 3.09. The smallest absolute Gasteiger partial charge is 0.325 e. The summed E-state index contributed by atoms with van der Waals surface area (Å²) in [6.07, 6.45) is 2.99. The maximum absolute atomic E-state index is 12.8. The molecule has 0 radical (unpaired) electrons. The molecule has 0 spiro atoms. The molecule has 7 heteroatoms. The van der Waals surface area contributed by atoms with Gasteiger partial charge in [0, 0.05) is 19.8 Å². The third kappa shape index (κ3) is 2.58. The monoisotopic (exact) mass is 305 g/mol. The van der Waals surface area contributed by atoms with E-state index in [4.69, 9.17) is 4.74 Å². The lowest BCUT2D eigenvalue weighted by atomic mass is 9.92. The highest BCUT2D eigenvalue weighted by Gasteiger charge is 2.53. The van der Waals surface area contributed by atoms with E-state index in [2.05, 4.69) is 0 Å². The van der Waals surface area contributed by atoms with Crippen molar-refractivity contribution in [1.82, 2.24) is 4.31 Å². The largest absolute Gasteiger partial charge is 0.480 e. The first-order chi connectivity index (χ1) is 9.45. The Morgan fingerprint density at radius 2 is 2.05 bits per heavy atom. The van der Waals surface area contributed by atoms with Crippen molar-refractivity contribution in [3.63, 3.8) is 0 Å². The number of ether oxygens (including phenoxy) is 1. The fourth-order valence-electron chi connectivity index (χ4n) is 3.36. The molecule has 1 N–H and O–H groups in total. The Morgan fingerprint density at radius 3 is 2.60 bits per heavy atom. The first-order valence-electron chi connectivity index (χ1n) is 7.28. The van der Waals surface area contributed by atoms with Gasteiger partial charge in [-0.2, -0.15) is 4.31 Å². The van der Waals surface area contributed by atoms with E-state index in [-0.39, 0.29) is 0 Å². The van der Waals surface area contributed by atoms with Crippen LogP contribution in [-0.2, 0) is 19.6 Å². The summed E-state index contributed by atoms with van der Waals surface area (Å²) in [7, 11) is -3.56. The number of sulfonamides is 1. The van der Waals surface area contributed by atoms with Crippen molar-refractivity contribution in [2.45, 2.75) is 56.2 Å². The zero-order valence-corrected chi connectivity index (χ0v) is 12.7. The van der Waals surface area contributed by atoms with Crippen molar-refractivity contribution in [3.8, 4) is 0 Å². The Bertz CT molecular complexity index is 457. The van der Waals surface area contributed by atoms with Crippen molar-refractivity contribution in [3.05, 3.63) is 0 Å². The van der Waals surface area contributed by atoms with Crippen molar-refractivity contribution in [2.75, 3.05) is 19.8 Å². The minimum atomic E-state index is -3.56. The predicted octanol–water partition coefficient (Wildman–Crippen LogP) is 1.21. The standard InChI is InChI=1S/C13H23NO5S/c1-2-6-13(12(15)16)7-3-8-14(13)20(17,18)11-4-9-19-10-5-11/h11H,2-10H2,1H3,(H,15,16). The summed E-state index contributed by atoms with van der Waals surface area (Å²) >= 11 is 0. The fraction of sp³-hybridized carbons (Fsp3) is 0.923. The van der Waals surface area contributed by atoms with Gasteiger partial charge >= 0.3 is 5.97 Å². The van der Waals surface area contributed by atoms with Crippen molar-refractivity contribution < 1.29 is 23.1 Å². The van der Waals surface area contributed by atoms with Gasteiger partial charge in [0.25, 0.3) is 0 Å². The van der Waals surface area contributed by atoms with E-state index in [0.29, 0.717) is 58.3 Å². The van der Waals surface area contributed by atoms with Crippen LogP contribution in [-0.4, -0.2) is 54.3 Å². The van der Waals surface area contributed by atoms with Gasteiger partial charge in [-0.15, -0.1) is 0 Å². The van der Waals surface area contributed by atoms with Gasteiger partial charge in [0.1, 0.15) is 5.54 Å². The predicted molar refractivity (Wildman–Crippen MR) is 74.0 cm³/mol. The summed E-state index contributed by atoms with van der Waals surface area (Å²) in [5.74, 6) is -1.01. The van der Waals surface area contributed by atoms with Crippen LogP contribution in [0.2, 0.25) is 0 Å². The summed E-state index contributed by atoms with van der Waals surface area (Å²) in [6, 6.07) is 0. The number of carbonyl (C=O) groups is 1. The summed E-state index contributed by atoms with van der Waals surface area (Å²) < 4.78 is 32.1. The molecule has 0 amide bonds. The molecule has 1 atom stereocenters. The van der Waals surface area contributed by atoms with Gasteiger partial charge in [-0.25, -0.2) is 8.42 Å². The third-order valence-corrected chi connectivity index (χ3v) is 6.85. The molecule has 0 aromatic rings. The van der Waals surface area contributed by atoms with Crippen LogP contribution in [0.25, 0.3) is 0 Å². The molecule has 2 heterocycles. The van der Waals surface area contributed by atoms with Crippen LogP contribution in [0.4, 0.5) is 0 Å². The first-order valence-corrected chi connectivity index (χ1v) is 8.78. The van der Waals surface area contributed by atoms with Crippen molar-refractivity contribution in [1.29, 1.82) is 0 Å². The lowest BCUT2D eigenvalue weighted by molar-refractivity contribution is -0.147. The molecular weight excluding hydrogens is 282 g/mol. The Kier molecular flexibility index (Phi) is 4.71. The Labute approximate surface area is 120 Å². The molecule has 0 aliphatic carbocycles. The van der Waals surface area contributed by atoms with Crippen molar-refractivity contribution >= 4 is 16.0 Å². The minimum Gasteiger partial charge on any atom is -0.480 e. The van der Waals surface area contributed by atoms with E-state index in [0.717, 1.165) is 0 Å². The Balaban J connectivity index is 2.30. The number of hydrogen-bond acceptors (Lipinski definition) is 4. The topological polar surface area (TPSA) is 83.9 Å². The molecular formula is C13H23NO5S. The molecule has 2 saturated heterocycles. The number of nitrogens with zero attached hydrogens (tertiary/aromatic N) is 1. The van der Waals surface area contributed by atoms with Crippen LogP contribution in [0.1, 0.15) is 45.4 Å². The lowest BCUT2D eigenvalue weighted by Crippen LogP contribution is -2.55. The number of aliphatic carboxylic acids is 1. The van der Waals surface area contributed by atoms with Crippen LogP contribution in [0.5, 0.6) is 0 Å². The van der Waals surface area contributed by atoms with E-state index >= 15 is 0 Å². The highest BCUT2D eigenvalue weighted by atomic mass is 32.2. The van der Waals surface area contributed by atoms with Gasteiger partial charge in [-0.1, -0.05) is 13.3 Å². The van der Waals surface area contributed by atoms with Crippen LogP contribution in [0.3, 0.4) is 0 Å². The molecule has 2 fully saturated rings. The van der Waals surface area contributed by atoms with Crippen LogP contribution >= 0.6 is 0 Å². The quantitative estimate of drug-likeness (QED) is 0.825. The van der Waals surface area contributed by atoms with Gasteiger partial charge < -0.3 is 9.84 Å². The Morgan fingerprint density at radius 1 is 1.40 bits per heavy atom. The van der Waals surface area contributed by atoms with Gasteiger partial charge in [0.2, 0.25) is 10.0 Å². The molecule has 0 saturated carbocycles. The molecule has 1 unspecified atom stereocenters. The second kappa shape index (κ2) is 5.99. The third-order valence-electron chi connectivity index (χ3n) is 4.39. The fourth-order valence-corrected chi connectivity index (χ4v) is 5.64. The van der Waals surface area contributed by atoms with E-state index in [1.165, 1.54) is 4.31 Å². The van der Waals surface area contributed by atoms with Crippen molar-refractivity contribution in [2.24, 2.45) is 0 Å². The molecule has 116 valence electrons. The highest BCUT2D eigenvalue weighted by molar-refractivity contribution is 7.89. The SMILES string of the molecule is CCCC1(C(=O)O)CCCN1S(=O)(=O)C1CCOCC1. The second-order valence-electron chi connectivity index (χ2n) is 5.62. The van der Waals surface area contributed by atoms with Crippen LogP contribution in [0.15, 0.2) is 0 Å². The number of carboxylic acids is 1. The molecule has 2 aliphatic rings. The van der Waals surface area contributed by atoms with E-state index in [9.17, 15) is 18.3 Å². The van der Waals surface area contributed by atoms with Gasteiger partial charge in [-0.05, 0) is 32.1 Å². The summed E-state index contributed by atoms with van der Waals surface area (Å²) in [4.78, 5) is 11.7. The minimum absolute atomic E-state index is 0.325. The molecule has 2 aliphatic heterocycles. The van der Waals surface area contributed by atoms with Crippen LogP contribution in [0, 0.1) is 0 Å². The molecule has 0 aromatic heterocycles. The molecule has 6 nitrogen and oxygen atoms in total. The second-order valence-corrected chi connectivity index (χ2v) is 7.76. The first kappa shape index (κ1) is 15.7. The summed E-state index contributed by atoms with van der Waals surface area (Å²) in [5.41, 5.74) is -1.23.